The predicted octanol–water partition coefficient (Wildman–Crippen LogP) is 4.07. The first-order valence-corrected chi connectivity index (χ1v) is 6.58. The van der Waals surface area contributed by atoms with Crippen molar-refractivity contribution in [3.8, 4) is 0 Å². The van der Waals surface area contributed by atoms with Crippen molar-refractivity contribution in [1.29, 1.82) is 0 Å². The van der Waals surface area contributed by atoms with E-state index in [1.165, 1.54) is 12.1 Å². The summed E-state index contributed by atoms with van der Waals surface area (Å²) >= 11 is 12.0. The lowest BCUT2D eigenvalue weighted by molar-refractivity contribution is 0.157. The SMILES string of the molecule is COCC(C)CNC(C)c1c(Cl)ccc(F)c1Cl. The maximum Gasteiger partial charge on any atom is 0.142 e. The number of halogens is 3. The second-order valence-corrected chi connectivity index (χ2v) is 5.23. The summed E-state index contributed by atoms with van der Waals surface area (Å²) < 4.78 is 18.5. The second kappa shape index (κ2) is 7.29. The zero-order chi connectivity index (χ0) is 13.7. The molecule has 2 atom stereocenters. The molecule has 0 aromatic heterocycles. The van der Waals surface area contributed by atoms with Gasteiger partial charge in [0, 0.05) is 36.9 Å². The molecule has 1 N–H and O–H groups in total. The van der Waals surface area contributed by atoms with Gasteiger partial charge in [-0.2, -0.15) is 0 Å². The molecule has 0 aliphatic carbocycles. The molecule has 5 heteroatoms. The number of methoxy groups -OCH3 is 1. The Kier molecular flexibility index (Phi) is 6.36. The van der Waals surface area contributed by atoms with E-state index >= 15 is 0 Å². The molecule has 102 valence electrons. The Balaban J connectivity index is 2.72. The number of hydrogen-bond acceptors (Lipinski definition) is 2. The van der Waals surface area contributed by atoms with Crippen LogP contribution in [0.5, 0.6) is 0 Å². The molecule has 0 radical (unpaired) electrons. The van der Waals surface area contributed by atoms with E-state index in [-0.39, 0.29) is 11.1 Å². The van der Waals surface area contributed by atoms with Crippen LogP contribution in [-0.2, 0) is 4.74 Å². The summed E-state index contributed by atoms with van der Waals surface area (Å²) in [5.74, 6) is -0.0850. The largest absolute Gasteiger partial charge is 0.384 e. The molecule has 0 saturated heterocycles. The minimum absolute atomic E-state index is 0.0851. The molecule has 2 unspecified atom stereocenters. The van der Waals surface area contributed by atoms with E-state index in [0.29, 0.717) is 23.1 Å². The molecule has 1 aromatic carbocycles. The first kappa shape index (κ1) is 15.7. The Hall–Kier alpha value is -0.350. The Morgan fingerprint density at radius 1 is 1.33 bits per heavy atom. The maximum absolute atomic E-state index is 13.4. The van der Waals surface area contributed by atoms with Crippen molar-refractivity contribution < 1.29 is 9.13 Å². The molecule has 1 aromatic rings. The van der Waals surface area contributed by atoms with E-state index in [0.717, 1.165) is 6.54 Å². The van der Waals surface area contributed by atoms with Crippen LogP contribution in [0, 0.1) is 11.7 Å². The lowest BCUT2D eigenvalue weighted by Gasteiger charge is -2.20. The molecule has 2 nitrogen and oxygen atoms in total. The van der Waals surface area contributed by atoms with Gasteiger partial charge in [0.1, 0.15) is 5.82 Å². The van der Waals surface area contributed by atoms with Crippen LogP contribution in [0.1, 0.15) is 25.5 Å². The summed E-state index contributed by atoms with van der Waals surface area (Å²) in [5, 5.41) is 3.83. The van der Waals surface area contributed by atoms with Crippen LogP contribution in [0.3, 0.4) is 0 Å². The van der Waals surface area contributed by atoms with Crippen molar-refractivity contribution in [2.24, 2.45) is 5.92 Å². The zero-order valence-electron chi connectivity index (χ0n) is 10.8. The van der Waals surface area contributed by atoms with Crippen molar-refractivity contribution in [2.75, 3.05) is 20.3 Å². The Morgan fingerprint density at radius 2 is 2.00 bits per heavy atom. The molecule has 0 aliphatic heterocycles. The van der Waals surface area contributed by atoms with Gasteiger partial charge < -0.3 is 10.1 Å². The predicted molar refractivity (Wildman–Crippen MR) is 73.9 cm³/mol. The maximum atomic E-state index is 13.4. The Morgan fingerprint density at radius 3 is 2.61 bits per heavy atom. The van der Waals surface area contributed by atoms with Crippen LogP contribution in [0.4, 0.5) is 4.39 Å². The summed E-state index contributed by atoms with van der Waals surface area (Å²) in [6, 6.07) is 2.68. The van der Waals surface area contributed by atoms with E-state index in [1.54, 1.807) is 7.11 Å². The van der Waals surface area contributed by atoms with Crippen molar-refractivity contribution in [3.05, 3.63) is 33.6 Å². The average molecular weight is 294 g/mol. The highest BCUT2D eigenvalue weighted by molar-refractivity contribution is 6.36. The fraction of sp³-hybridized carbons (Fsp3) is 0.538. The van der Waals surface area contributed by atoms with Gasteiger partial charge in [-0.1, -0.05) is 30.1 Å². The normalized spacial score (nSPS) is 14.6. The van der Waals surface area contributed by atoms with Crippen LogP contribution < -0.4 is 5.32 Å². The molecule has 18 heavy (non-hydrogen) atoms. The van der Waals surface area contributed by atoms with Gasteiger partial charge in [0.25, 0.3) is 0 Å². The summed E-state index contributed by atoms with van der Waals surface area (Å²) in [4.78, 5) is 0. The quantitative estimate of drug-likeness (QED) is 0.799. The number of benzene rings is 1. The molecule has 0 heterocycles. The molecular formula is C13H18Cl2FNO. The molecule has 0 amide bonds. The summed E-state index contributed by atoms with van der Waals surface area (Å²) in [7, 11) is 1.67. The third-order valence-corrected chi connectivity index (χ3v) is 3.45. The van der Waals surface area contributed by atoms with Crippen LogP contribution in [0.25, 0.3) is 0 Å². The molecule has 0 spiro atoms. The zero-order valence-corrected chi connectivity index (χ0v) is 12.3. The van der Waals surface area contributed by atoms with Gasteiger partial charge >= 0.3 is 0 Å². The number of ether oxygens (including phenoxy) is 1. The van der Waals surface area contributed by atoms with E-state index in [9.17, 15) is 4.39 Å². The Labute approximate surface area is 117 Å². The van der Waals surface area contributed by atoms with E-state index in [2.05, 4.69) is 12.2 Å². The Bertz CT molecular complexity index is 401. The molecule has 0 fully saturated rings. The summed E-state index contributed by atoms with van der Waals surface area (Å²) in [5.41, 5.74) is 0.600. The topological polar surface area (TPSA) is 21.3 Å². The smallest absolute Gasteiger partial charge is 0.142 e. The monoisotopic (exact) mass is 293 g/mol. The van der Waals surface area contributed by atoms with Gasteiger partial charge in [0.2, 0.25) is 0 Å². The van der Waals surface area contributed by atoms with E-state index in [1.807, 2.05) is 6.92 Å². The van der Waals surface area contributed by atoms with Gasteiger partial charge in [0.15, 0.2) is 0 Å². The lowest BCUT2D eigenvalue weighted by Crippen LogP contribution is -2.27. The highest BCUT2D eigenvalue weighted by atomic mass is 35.5. The highest BCUT2D eigenvalue weighted by Gasteiger charge is 2.17. The third kappa shape index (κ3) is 4.09. The average Bonchev–Trinajstić information content (AvgIpc) is 2.32. The minimum Gasteiger partial charge on any atom is -0.384 e. The van der Waals surface area contributed by atoms with Gasteiger partial charge in [-0.3, -0.25) is 0 Å². The van der Waals surface area contributed by atoms with Crippen LogP contribution in [-0.4, -0.2) is 20.3 Å². The molecular weight excluding hydrogens is 276 g/mol. The number of nitrogens with one attached hydrogen (secondary N) is 1. The lowest BCUT2D eigenvalue weighted by atomic mass is 10.1. The summed E-state index contributed by atoms with van der Waals surface area (Å²) in [6.45, 7) is 5.40. The molecule has 0 bridgehead atoms. The first-order chi connectivity index (χ1) is 8.47. The fourth-order valence-corrected chi connectivity index (χ4v) is 2.46. The van der Waals surface area contributed by atoms with Crippen LogP contribution in [0.15, 0.2) is 12.1 Å². The molecule has 1 rings (SSSR count). The number of hydrogen-bond donors (Lipinski definition) is 1. The molecule has 0 saturated carbocycles. The van der Waals surface area contributed by atoms with Gasteiger partial charge in [-0.15, -0.1) is 0 Å². The molecule has 0 aliphatic rings. The van der Waals surface area contributed by atoms with Crippen molar-refractivity contribution >= 4 is 23.2 Å². The van der Waals surface area contributed by atoms with Gasteiger partial charge in [0.05, 0.1) is 5.02 Å². The van der Waals surface area contributed by atoms with Crippen molar-refractivity contribution in [1.82, 2.24) is 5.32 Å². The standard InChI is InChI=1S/C13H18Cl2FNO/c1-8(7-18-3)6-17-9(2)12-10(14)4-5-11(16)13(12)15/h4-5,8-9,17H,6-7H2,1-3H3. The minimum atomic E-state index is -0.449. The van der Waals surface area contributed by atoms with Gasteiger partial charge in [-0.05, 0) is 25.0 Å². The van der Waals surface area contributed by atoms with E-state index in [4.69, 9.17) is 27.9 Å². The second-order valence-electron chi connectivity index (χ2n) is 4.45. The van der Waals surface area contributed by atoms with Crippen molar-refractivity contribution in [3.63, 3.8) is 0 Å². The number of rotatable bonds is 6. The first-order valence-electron chi connectivity index (χ1n) is 5.83. The van der Waals surface area contributed by atoms with Gasteiger partial charge in [-0.25, -0.2) is 4.39 Å². The van der Waals surface area contributed by atoms with Crippen LogP contribution in [0.2, 0.25) is 10.0 Å². The summed E-state index contributed by atoms with van der Waals surface area (Å²) in [6.07, 6.45) is 0. The highest BCUT2D eigenvalue weighted by Crippen LogP contribution is 2.32. The fourth-order valence-electron chi connectivity index (χ4n) is 1.76. The van der Waals surface area contributed by atoms with Crippen LogP contribution >= 0.6 is 23.2 Å². The van der Waals surface area contributed by atoms with E-state index < -0.39 is 5.82 Å². The third-order valence-electron chi connectivity index (χ3n) is 2.74. The van der Waals surface area contributed by atoms with Crippen molar-refractivity contribution in [2.45, 2.75) is 19.9 Å².